The van der Waals surface area contributed by atoms with Gasteiger partial charge in [0, 0.05) is 18.4 Å². The van der Waals surface area contributed by atoms with Gasteiger partial charge in [0.25, 0.3) is 0 Å². The third kappa shape index (κ3) is 5.59. The molecule has 1 aliphatic carbocycles. The molecule has 0 aromatic heterocycles. The van der Waals surface area contributed by atoms with Crippen LogP contribution in [0.1, 0.15) is 43.4 Å². The van der Waals surface area contributed by atoms with Crippen LogP contribution in [0.15, 0.2) is 30.3 Å². The van der Waals surface area contributed by atoms with Gasteiger partial charge in [0.2, 0.25) is 5.75 Å². The maximum absolute atomic E-state index is 12.7. The number of rotatable bonds is 9. The molecule has 35 heavy (non-hydrogen) atoms. The minimum atomic E-state index is -0.510. The average molecular weight is 485 g/mol. The number of carbonyl (C=O) groups excluding carboxylic acids is 2. The fourth-order valence-electron chi connectivity index (χ4n) is 4.28. The molecule has 8 nitrogen and oxygen atoms in total. The minimum Gasteiger partial charge on any atom is -0.493 e. The number of esters is 1. The molecular formula is C27H34NO7+. The van der Waals surface area contributed by atoms with Gasteiger partial charge >= 0.3 is 5.97 Å². The molecule has 0 aliphatic heterocycles. The number of hydrogen-bond donors (Lipinski definition) is 1. The largest absolute Gasteiger partial charge is 0.493 e. The Morgan fingerprint density at radius 3 is 2.20 bits per heavy atom. The van der Waals surface area contributed by atoms with Crippen molar-refractivity contribution in [3.8, 4) is 28.7 Å². The highest BCUT2D eigenvalue weighted by atomic mass is 16.6. The van der Waals surface area contributed by atoms with E-state index in [-0.39, 0.29) is 11.5 Å². The lowest BCUT2D eigenvalue weighted by molar-refractivity contribution is -0.409. The van der Waals surface area contributed by atoms with Crippen LogP contribution in [0.2, 0.25) is 0 Å². The molecule has 0 saturated heterocycles. The molecule has 188 valence electrons. The summed E-state index contributed by atoms with van der Waals surface area (Å²) in [6, 6.07) is 6.57. The average Bonchev–Trinajstić information content (AvgIpc) is 3.00. The van der Waals surface area contributed by atoms with E-state index in [1.54, 1.807) is 39.5 Å². The fourth-order valence-corrected chi connectivity index (χ4v) is 4.28. The van der Waals surface area contributed by atoms with E-state index in [0.717, 1.165) is 11.1 Å². The summed E-state index contributed by atoms with van der Waals surface area (Å²) < 4.78 is 27.9. The predicted molar refractivity (Wildman–Crippen MR) is 131 cm³/mol. The van der Waals surface area contributed by atoms with Crippen LogP contribution in [-0.2, 0) is 16.0 Å². The van der Waals surface area contributed by atoms with Crippen LogP contribution in [0.25, 0.3) is 5.57 Å². The van der Waals surface area contributed by atoms with Crippen molar-refractivity contribution in [1.29, 1.82) is 0 Å². The van der Waals surface area contributed by atoms with Gasteiger partial charge in [-0.1, -0.05) is 19.9 Å². The molecule has 0 fully saturated rings. The Hall–Kier alpha value is -3.52. The van der Waals surface area contributed by atoms with E-state index in [1.807, 2.05) is 26.0 Å². The highest BCUT2D eigenvalue weighted by Gasteiger charge is 2.27. The van der Waals surface area contributed by atoms with Gasteiger partial charge in [-0.2, -0.15) is 0 Å². The molecule has 0 radical (unpaired) electrons. The number of ketones is 1. The lowest BCUT2D eigenvalue weighted by Crippen LogP contribution is -2.66. The van der Waals surface area contributed by atoms with Crippen molar-refractivity contribution >= 4 is 17.3 Å². The van der Waals surface area contributed by atoms with Crippen LogP contribution < -0.4 is 29.4 Å². The molecule has 0 bridgehead atoms. The third-order valence-corrected chi connectivity index (χ3v) is 5.92. The second-order valence-corrected chi connectivity index (χ2v) is 8.81. The van der Waals surface area contributed by atoms with Gasteiger partial charge in [-0.25, -0.2) is 4.79 Å². The first kappa shape index (κ1) is 26.1. The summed E-state index contributed by atoms with van der Waals surface area (Å²) in [6.45, 7) is 4.05. The van der Waals surface area contributed by atoms with Gasteiger partial charge in [-0.3, -0.25) is 4.79 Å². The number of allylic oxidation sites excluding steroid dienone is 1. The van der Waals surface area contributed by atoms with Crippen molar-refractivity contribution in [2.24, 2.45) is 5.92 Å². The fraction of sp³-hybridized carbons (Fsp3) is 0.407. The molecular weight excluding hydrogens is 450 g/mol. The quantitative estimate of drug-likeness (QED) is 0.430. The van der Waals surface area contributed by atoms with Crippen molar-refractivity contribution < 1.29 is 39.0 Å². The van der Waals surface area contributed by atoms with Crippen molar-refractivity contribution in [2.75, 3.05) is 28.4 Å². The van der Waals surface area contributed by atoms with E-state index in [9.17, 15) is 9.59 Å². The first-order chi connectivity index (χ1) is 16.7. The van der Waals surface area contributed by atoms with Crippen molar-refractivity contribution in [1.82, 2.24) is 0 Å². The molecule has 0 unspecified atom stereocenters. The predicted octanol–water partition coefficient (Wildman–Crippen LogP) is 3.23. The number of carbonyl (C=O) groups is 2. The summed E-state index contributed by atoms with van der Waals surface area (Å²) in [4.78, 5) is 25.4. The topological polar surface area (TPSA) is 108 Å². The Kier molecular flexibility index (Phi) is 8.40. The van der Waals surface area contributed by atoms with Crippen LogP contribution in [0.3, 0.4) is 0 Å². The highest BCUT2D eigenvalue weighted by molar-refractivity contribution is 6.03. The number of hydrogen-bond acceptors (Lipinski definition) is 7. The van der Waals surface area contributed by atoms with Crippen LogP contribution in [0.5, 0.6) is 28.7 Å². The summed E-state index contributed by atoms with van der Waals surface area (Å²) in [7, 11) is 6.16. The summed E-state index contributed by atoms with van der Waals surface area (Å²) in [6.07, 6.45) is 3.01. The van der Waals surface area contributed by atoms with Crippen molar-refractivity contribution in [3.63, 3.8) is 0 Å². The van der Waals surface area contributed by atoms with E-state index in [4.69, 9.17) is 23.7 Å². The molecule has 0 heterocycles. The van der Waals surface area contributed by atoms with Crippen molar-refractivity contribution in [2.45, 2.75) is 39.2 Å². The molecule has 3 N–H and O–H groups in total. The smallest absolute Gasteiger partial charge is 0.370 e. The van der Waals surface area contributed by atoms with Crippen LogP contribution in [0.4, 0.5) is 0 Å². The molecule has 0 saturated carbocycles. The maximum atomic E-state index is 12.7. The molecule has 0 amide bonds. The SMILES string of the molecule is COc1ccc(C2=CC(=O)CCc3c2cc(OC)c(OC)c3OC)cc1OC(=O)[C@@H]([NH3+])CC(C)C. The Labute approximate surface area is 205 Å². The lowest BCUT2D eigenvalue weighted by Gasteiger charge is -2.20. The zero-order valence-electron chi connectivity index (χ0n) is 21.2. The van der Waals surface area contributed by atoms with Crippen LogP contribution >= 0.6 is 0 Å². The Morgan fingerprint density at radius 1 is 0.914 bits per heavy atom. The molecule has 0 spiro atoms. The van der Waals surface area contributed by atoms with Crippen LogP contribution in [0, 0.1) is 5.92 Å². The molecule has 2 aromatic carbocycles. The van der Waals surface area contributed by atoms with E-state index < -0.39 is 12.0 Å². The molecule has 3 rings (SSSR count). The summed E-state index contributed by atoms with van der Waals surface area (Å²) in [5, 5.41) is 0. The number of fused-ring (bicyclic) bond motifs is 1. The third-order valence-electron chi connectivity index (χ3n) is 5.92. The zero-order chi connectivity index (χ0) is 25.7. The first-order valence-corrected chi connectivity index (χ1v) is 11.5. The van der Waals surface area contributed by atoms with E-state index >= 15 is 0 Å². The monoisotopic (exact) mass is 484 g/mol. The Balaban J connectivity index is 2.14. The molecule has 1 atom stereocenters. The first-order valence-electron chi connectivity index (χ1n) is 11.5. The van der Waals surface area contributed by atoms with Crippen molar-refractivity contribution in [3.05, 3.63) is 47.0 Å². The van der Waals surface area contributed by atoms with Gasteiger partial charge in [-0.05, 0) is 53.3 Å². The Bertz CT molecular complexity index is 1140. The lowest BCUT2D eigenvalue weighted by atomic mass is 9.92. The summed E-state index contributed by atoms with van der Waals surface area (Å²) >= 11 is 0. The standard InChI is InChI=1S/C27H33NO7/c1-15(2)11-21(28)27(30)35-23-12-16(7-10-22(23)31-3)19-13-17(29)8-9-18-20(19)14-24(32-4)26(34-6)25(18)33-5/h7,10,12-15,21H,8-9,11,28H2,1-6H3/p+1/t21-/m0/s1. The second-order valence-electron chi connectivity index (χ2n) is 8.81. The number of methoxy groups -OCH3 is 4. The number of ether oxygens (including phenoxy) is 5. The van der Waals surface area contributed by atoms with Gasteiger partial charge in [-0.15, -0.1) is 0 Å². The minimum absolute atomic E-state index is 0.0275. The second kappa shape index (κ2) is 11.3. The summed E-state index contributed by atoms with van der Waals surface area (Å²) in [5.41, 5.74) is 6.90. The summed E-state index contributed by atoms with van der Waals surface area (Å²) in [5.74, 6) is 1.99. The highest BCUT2D eigenvalue weighted by Crippen LogP contribution is 2.47. The number of benzene rings is 2. The van der Waals surface area contributed by atoms with Gasteiger partial charge in [0.05, 0.1) is 28.4 Å². The van der Waals surface area contributed by atoms with Gasteiger partial charge in [0.15, 0.2) is 34.8 Å². The normalized spacial score (nSPS) is 13.9. The molecule has 1 aliphatic rings. The van der Waals surface area contributed by atoms with Gasteiger partial charge in [0.1, 0.15) is 0 Å². The van der Waals surface area contributed by atoms with E-state index in [2.05, 4.69) is 5.73 Å². The van der Waals surface area contributed by atoms with E-state index in [0.29, 0.717) is 59.3 Å². The van der Waals surface area contributed by atoms with Gasteiger partial charge < -0.3 is 29.4 Å². The van der Waals surface area contributed by atoms with Crippen LogP contribution in [-0.4, -0.2) is 46.2 Å². The van der Waals surface area contributed by atoms with E-state index in [1.165, 1.54) is 7.11 Å². The maximum Gasteiger partial charge on any atom is 0.370 e. The zero-order valence-corrected chi connectivity index (χ0v) is 21.2. The molecule has 2 aromatic rings. The number of quaternary nitrogens is 1. The molecule has 8 heteroatoms. The Morgan fingerprint density at radius 2 is 1.60 bits per heavy atom.